The fourth-order valence-corrected chi connectivity index (χ4v) is 4.48. The topological polar surface area (TPSA) is 112 Å². The van der Waals surface area contributed by atoms with Crippen LogP contribution in [-0.2, 0) is 31.9 Å². The van der Waals surface area contributed by atoms with Crippen molar-refractivity contribution >= 4 is 18.9 Å². The van der Waals surface area contributed by atoms with E-state index in [2.05, 4.69) is 32.7 Å². The Morgan fingerprint density at radius 2 is 1.54 bits per heavy atom. The minimum absolute atomic E-state index is 0.0349. The summed E-state index contributed by atoms with van der Waals surface area (Å²) in [7, 11) is -0.652. The monoisotopic (exact) mass is 558 g/mol. The third-order valence-electron chi connectivity index (χ3n) is 7.56. The second kappa shape index (κ2) is 13.8. The zero-order valence-electron chi connectivity index (χ0n) is 24.2. The van der Waals surface area contributed by atoms with Gasteiger partial charge < -0.3 is 24.7 Å². The summed E-state index contributed by atoms with van der Waals surface area (Å²) in [6.45, 7) is 8.19. The maximum Gasteiger partial charge on any atom is 0.481 e. The number of ether oxygens (including phenoxy) is 1. The van der Waals surface area contributed by atoms with Gasteiger partial charge in [0.2, 0.25) is 5.91 Å². The molecule has 0 spiro atoms. The first-order valence-corrected chi connectivity index (χ1v) is 14.0. The molecule has 216 valence electrons. The van der Waals surface area contributed by atoms with Crippen LogP contribution in [0.1, 0.15) is 62.2 Å². The fourth-order valence-electron chi connectivity index (χ4n) is 4.48. The van der Waals surface area contributed by atoms with Crippen molar-refractivity contribution in [2.45, 2.75) is 76.7 Å². The number of amides is 2. The maximum absolute atomic E-state index is 13.7. The molecule has 2 heterocycles. The molecule has 1 fully saturated rings. The van der Waals surface area contributed by atoms with Crippen molar-refractivity contribution in [1.82, 2.24) is 20.6 Å². The van der Waals surface area contributed by atoms with Gasteiger partial charge in [0.25, 0.3) is 5.91 Å². The molecule has 2 amide bonds. The van der Waals surface area contributed by atoms with Gasteiger partial charge in [-0.1, -0.05) is 60.7 Å². The molecule has 1 unspecified atom stereocenters. The van der Waals surface area contributed by atoms with E-state index in [0.717, 1.165) is 18.4 Å². The summed E-state index contributed by atoms with van der Waals surface area (Å²) in [4.78, 5) is 34.7. The van der Waals surface area contributed by atoms with Crippen LogP contribution in [-0.4, -0.2) is 58.7 Å². The molecule has 0 aliphatic carbocycles. The summed E-state index contributed by atoms with van der Waals surface area (Å²) in [5, 5.41) is 5.88. The standard InChI is InChI=1S/C31H39BN4O5/c1-30(2)31(3,4)41-32(40-30)27(17-11-16-23-12-7-5-8-13-23)36-29(38)26(22-39-21-24-14-9-6-10-15-24)35-28(37)25-20-33-18-19-34-25/h5-10,12-15,18-20,26-27H,11,16-17,21-22H2,1-4H3,(H,35,37)(H,36,38)/t26?,27-/m0/s1. The Kier molecular flexibility index (Phi) is 10.3. The molecule has 2 N–H and O–H groups in total. The summed E-state index contributed by atoms with van der Waals surface area (Å²) >= 11 is 0. The van der Waals surface area contributed by atoms with Crippen LogP contribution in [0.2, 0.25) is 0 Å². The van der Waals surface area contributed by atoms with Crippen molar-refractivity contribution in [3.63, 3.8) is 0 Å². The van der Waals surface area contributed by atoms with Crippen LogP contribution in [0.15, 0.2) is 79.3 Å². The van der Waals surface area contributed by atoms with Crippen LogP contribution in [0.25, 0.3) is 0 Å². The van der Waals surface area contributed by atoms with E-state index in [1.54, 1.807) is 0 Å². The van der Waals surface area contributed by atoms with Crippen molar-refractivity contribution in [2.75, 3.05) is 6.61 Å². The molecule has 10 heteroatoms. The number of aromatic nitrogens is 2. The number of carbonyl (C=O) groups excluding carboxylic acids is 2. The van der Waals surface area contributed by atoms with Gasteiger partial charge in [-0.2, -0.15) is 0 Å². The van der Waals surface area contributed by atoms with Gasteiger partial charge in [-0.25, -0.2) is 4.98 Å². The summed E-state index contributed by atoms with van der Waals surface area (Å²) in [6, 6.07) is 18.9. The smallest absolute Gasteiger partial charge is 0.402 e. The number of carbonyl (C=O) groups is 2. The number of nitrogens with one attached hydrogen (secondary N) is 2. The van der Waals surface area contributed by atoms with Gasteiger partial charge in [0.05, 0.1) is 36.6 Å². The van der Waals surface area contributed by atoms with E-state index in [0.29, 0.717) is 13.0 Å². The average Bonchev–Trinajstić information content (AvgIpc) is 3.19. The quantitative estimate of drug-likeness (QED) is 0.306. The van der Waals surface area contributed by atoms with Crippen LogP contribution in [0.4, 0.5) is 0 Å². The summed E-state index contributed by atoms with van der Waals surface area (Å²) in [5.41, 5.74) is 1.17. The Bertz CT molecular complexity index is 1250. The molecule has 1 aliphatic heterocycles. The molecule has 2 atom stereocenters. The highest BCUT2D eigenvalue weighted by Crippen LogP contribution is 2.38. The van der Waals surface area contributed by atoms with Gasteiger partial charge in [0.15, 0.2) is 0 Å². The van der Waals surface area contributed by atoms with Crippen molar-refractivity contribution in [2.24, 2.45) is 0 Å². The molecule has 1 aliphatic rings. The average molecular weight is 558 g/mol. The Labute approximate surface area is 242 Å². The minimum atomic E-state index is -0.979. The van der Waals surface area contributed by atoms with Crippen molar-refractivity contribution in [3.05, 3.63) is 96.1 Å². The number of nitrogens with zero attached hydrogens (tertiary/aromatic N) is 2. The Hall–Kier alpha value is -3.60. The Balaban J connectivity index is 1.48. The van der Waals surface area contributed by atoms with E-state index in [9.17, 15) is 9.59 Å². The summed E-state index contributed by atoms with van der Waals surface area (Å²) < 4.78 is 18.5. The van der Waals surface area contributed by atoms with Crippen LogP contribution >= 0.6 is 0 Å². The second-order valence-corrected chi connectivity index (χ2v) is 11.2. The number of aryl methyl sites for hydroxylation is 1. The van der Waals surface area contributed by atoms with E-state index < -0.39 is 42.1 Å². The van der Waals surface area contributed by atoms with Crippen molar-refractivity contribution < 1.29 is 23.6 Å². The van der Waals surface area contributed by atoms with Crippen LogP contribution in [0.3, 0.4) is 0 Å². The molecular formula is C31H39BN4O5. The van der Waals surface area contributed by atoms with Gasteiger partial charge in [0, 0.05) is 12.4 Å². The zero-order valence-corrected chi connectivity index (χ0v) is 24.2. The van der Waals surface area contributed by atoms with E-state index in [-0.39, 0.29) is 12.3 Å². The normalized spacial score (nSPS) is 17.0. The molecule has 1 saturated heterocycles. The van der Waals surface area contributed by atoms with Crippen LogP contribution < -0.4 is 10.6 Å². The van der Waals surface area contributed by atoms with Gasteiger partial charge >= 0.3 is 7.12 Å². The predicted octanol–water partition coefficient (Wildman–Crippen LogP) is 3.93. The van der Waals surface area contributed by atoms with E-state index >= 15 is 0 Å². The second-order valence-electron chi connectivity index (χ2n) is 11.2. The SMILES string of the molecule is CC1(C)OB([C@H](CCCc2ccccc2)NC(=O)C(COCc2ccccc2)NC(=O)c2cnccn2)OC1(C)C. The lowest BCUT2D eigenvalue weighted by Gasteiger charge is -2.32. The number of hydrogen-bond donors (Lipinski definition) is 2. The highest BCUT2D eigenvalue weighted by Gasteiger charge is 2.54. The summed E-state index contributed by atoms with van der Waals surface area (Å²) in [6.07, 6.45) is 6.53. The zero-order chi connectivity index (χ0) is 29.3. The fraction of sp³-hybridized carbons (Fsp3) is 0.419. The van der Waals surface area contributed by atoms with Crippen LogP contribution in [0, 0.1) is 0 Å². The molecule has 0 radical (unpaired) electrons. The third kappa shape index (κ3) is 8.45. The number of hydrogen-bond acceptors (Lipinski definition) is 7. The molecule has 0 bridgehead atoms. The van der Waals surface area contributed by atoms with E-state index in [1.165, 1.54) is 24.2 Å². The molecule has 2 aromatic carbocycles. The lowest BCUT2D eigenvalue weighted by atomic mass is 9.75. The van der Waals surface area contributed by atoms with E-state index in [1.807, 2.05) is 76.2 Å². The van der Waals surface area contributed by atoms with Gasteiger partial charge in [0.1, 0.15) is 11.7 Å². The van der Waals surface area contributed by atoms with Crippen molar-refractivity contribution in [3.8, 4) is 0 Å². The predicted molar refractivity (Wildman–Crippen MR) is 157 cm³/mol. The molecule has 41 heavy (non-hydrogen) atoms. The lowest BCUT2D eigenvalue weighted by Crippen LogP contribution is -2.56. The largest absolute Gasteiger partial charge is 0.481 e. The highest BCUT2D eigenvalue weighted by atomic mass is 16.7. The Morgan fingerprint density at radius 3 is 2.15 bits per heavy atom. The first kappa shape index (κ1) is 30.4. The van der Waals surface area contributed by atoms with Gasteiger partial charge in [-0.05, 0) is 58.1 Å². The first-order chi connectivity index (χ1) is 19.6. The maximum atomic E-state index is 13.7. The van der Waals surface area contributed by atoms with Crippen LogP contribution in [0.5, 0.6) is 0 Å². The van der Waals surface area contributed by atoms with Crippen molar-refractivity contribution in [1.29, 1.82) is 0 Å². The highest BCUT2D eigenvalue weighted by molar-refractivity contribution is 6.48. The van der Waals surface area contributed by atoms with E-state index in [4.69, 9.17) is 14.0 Å². The Morgan fingerprint density at radius 1 is 0.902 bits per heavy atom. The first-order valence-electron chi connectivity index (χ1n) is 14.0. The molecule has 0 saturated carbocycles. The molecule has 3 aromatic rings. The molecule has 4 rings (SSSR count). The summed E-state index contributed by atoms with van der Waals surface area (Å²) in [5.74, 6) is -1.36. The third-order valence-corrected chi connectivity index (χ3v) is 7.56. The number of benzene rings is 2. The molecular weight excluding hydrogens is 519 g/mol. The molecule has 1 aromatic heterocycles. The lowest BCUT2D eigenvalue weighted by molar-refractivity contribution is -0.125. The van der Waals surface area contributed by atoms with Gasteiger partial charge in [-0.15, -0.1) is 0 Å². The molecule has 9 nitrogen and oxygen atoms in total. The number of rotatable bonds is 13. The van der Waals surface area contributed by atoms with Gasteiger partial charge in [-0.3, -0.25) is 14.6 Å². The minimum Gasteiger partial charge on any atom is -0.402 e.